The molecule has 4 heterocycles. The van der Waals surface area contributed by atoms with Gasteiger partial charge in [-0.1, -0.05) is 32.0 Å². The molecule has 0 unspecified atom stereocenters. The minimum Gasteiger partial charge on any atom is -0.479 e. The lowest BCUT2D eigenvalue weighted by atomic mass is 9.81. The number of hydrogen-bond donors (Lipinski definition) is 1. The molecule has 0 bridgehead atoms. The zero-order chi connectivity index (χ0) is 29.5. The Labute approximate surface area is 243 Å². The molecule has 0 saturated carbocycles. The summed E-state index contributed by atoms with van der Waals surface area (Å²) >= 11 is 0. The maximum Gasteiger partial charge on any atom is 0.337 e. The molecule has 2 aliphatic heterocycles. The number of carbonyl (C=O) groups is 1. The largest absolute Gasteiger partial charge is 0.479 e. The first-order valence-electron chi connectivity index (χ1n) is 14.6. The number of rotatable bonds is 6. The average Bonchev–Trinajstić information content (AvgIpc) is 2.91. The van der Waals surface area contributed by atoms with E-state index in [2.05, 4.69) is 51.8 Å². The van der Waals surface area contributed by atoms with Gasteiger partial charge in [-0.15, -0.1) is 0 Å². The van der Waals surface area contributed by atoms with Gasteiger partial charge in [0.15, 0.2) is 6.10 Å². The van der Waals surface area contributed by atoms with E-state index in [4.69, 9.17) is 9.72 Å². The molecule has 1 atom stereocenters. The van der Waals surface area contributed by atoms with E-state index in [1.807, 2.05) is 40.8 Å². The van der Waals surface area contributed by atoms with Gasteiger partial charge in [0.1, 0.15) is 5.82 Å². The maximum absolute atomic E-state index is 12.8. The van der Waals surface area contributed by atoms with Crippen LogP contribution in [0.1, 0.15) is 81.6 Å². The number of hydrogen-bond acceptors (Lipinski definition) is 7. The molecule has 0 amide bonds. The van der Waals surface area contributed by atoms with Gasteiger partial charge in [-0.3, -0.25) is 9.97 Å². The number of nitrogens with zero attached hydrogens (tertiary/aromatic N) is 5. The second-order valence-electron chi connectivity index (χ2n) is 13.2. The lowest BCUT2D eigenvalue weighted by Gasteiger charge is -2.41. The molecule has 2 aromatic heterocycles. The van der Waals surface area contributed by atoms with Crippen molar-refractivity contribution in [2.45, 2.75) is 86.0 Å². The summed E-state index contributed by atoms with van der Waals surface area (Å²) < 4.78 is 6.23. The quantitative estimate of drug-likeness (QED) is 0.378. The van der Waals surface area contributed by atoms with Crippen molar-refractivity contribution in [2.24, 2.45) is 5.41 Å². The summed E-state index contributed by atoms with van der Waals surface area (Å²) in [6, 6.07) is 6.65. The van der Waals surface area contributed by atoms with Gasteiger partial charge in [0, 0.05) is 61.1 Å². The Hall–Kier alpha value is -3.52. The van der Waals surface area contributed by atoms with Crippen molar-refractivity contribution in [2.75, 3.05) is 29.4 Å². The number of aliphatic carboxylic acids is 1. The molecule has 1 saturated heterocycles. The first kappa shape index (κ1) is 29.0. The molecule has 8 heteroatoms. The van der Waals surface area contributed by atoms with Gasteiger partial charge in [0.05, 0.1) is 17.5 Å². The maximum atomic E-state index is 12.8. The molecule has 41 heavy (non-hydrogen) atoms. The van der Waals surface area contributed by atoms with Crippen LogP contribution >= 0.6 is 0 Å². The first-order valence-corrected chi connectivity index (χ1v) is 14.6. The lowest BCUT2D eigenvalue weighted by Crippen LogP contribution is -2.39. The molecule has 1 N–H and O–H groups in total. The Balaban J connectivity index is 1.63. The summed E-state index contributed by atoms with van der Waals surface area (Å²) in [5, 5.41) is 10.4. The smallest absolute Gasteiger partial charge is 0.337 e. The summed E-state index contributed by atoms with van der Waals surface area (Å²) in [7, 11) is 0. The Kier molecular flexibility index (Phi) is 7.81. The number of anilines is 2. The summed E-state index contributed by atoms with van der Waals surface area (Å²) in [6.45, 7) is 17.6. The van der Waals surface area contributed by atoms with E-state index in [0.717, 1.165) is 73.8 Å². The molecular weight excluding hydrogens is 514 g/mol. The third kappa shape index (κ3) is 6.22. The van der Waals surface area contributed by atoms with E-state index in [-0.39, 0.29) is 5.41 Å². The van der Waals surface area contributed by atoms with Crippen LogP contribution in [0.4, 0.5) is 11.5 Å². The minimum absolute atomic E-state index is 0.253. The summed E-state index contributed by atoms with van der Waals surface area (Å²) in [5.41, 5.74) is 7.50. The third-order valence-electron chi connectivity index (χ3n) is 8.35. The predicted molar refractivity (Wildman–Crippen MR) is 162 cm³/mol. The number of aryl methyl sites for hydroxylation is 2. The third-order valence-corrected chi connectivity index (χ3v) is 8.35. The molecule has 1 fully saturated rings. The predicted octanol–water partition coefficient (Wildman–Crippen LogP) is 6.29. The second kappa shape index (κ2) is 11.0. The summed E-state index contributed by atoms with van der Waals surface area (Å²) in [4.78, 5) is 31.1. The van der Waals surface area contributed by atoms with Crippen LogP contribution in [-0.4, -0.2) is 51.3 Å². The molecule has 0 aliphatic carbocycles. The normalized spacial score (nSPS) is 17.7. The zero-order valence-electron chi connectivity index (χ0n) is 25.5. The van der Waals surface area contributed by atoms with Gasteiger partial charge in [0.2, 0.25) is 0 Å². The average molecular weight is 558 g/mol. The molecule has 5 rings (SSSR count). The molecule has 1 aromatic carbocycles. The lowest BCUT2D eigenvalue weighted by molar-refractivity contribution is -0.160. The van der Waals surface area contributed by atoms with Crippen molar-refractivity contribution >= 4 is 17.5 Å². The van der Waals surface area contributed by atoms with E-state index in [0.29, 0.717) is 11.3 Å². The molecular formula is C33H43N5O3. The van der Waals surface area contributed by atoms with Crippen molar-refractivity contribution < 1.29 is 14.6 Å². The minimum atomic E-state index is -1.12. The van der Waals surface area contributed by atoms with Crippen molar-refractivity contribution in [3.05, 3.63) is 64.9 Å². The fraction of sp³-hybridized carbons (Fsp3) is 0.515. The van der Waals surface area contributed by atoms with Crippen LogP contribution in [0.2, 0.25) is 0 Å². The topological polar surface area (TPSA) is 91.7 Å². The summed E-state index contributed by atoms with van der Waals surface area (Å²) in [6.07, 6.45) is 7.08. The number of benzene rings is 1. The van der Waals surface area contributed by atoms with Gasteiger partial charge in [0.25, 0.3) is 0 Å². The first-order chi connectivity index (χ1) is 19.3. The number of pyridine rings is 1. The molecule has 0 radical (unpaired) electrons. The molecule has 0 spiro atoms. The number of ether oxygens (including phenoxy) is 1. The van der Waals surface area contributed by atoms with Crippen LogP contribution in [0, 0.1) is 19.3 Å². The highest BCUT2D eigenvalue weighted by Crippen LogP contribution is 2.45. The van der Waals surface area contributed by atoms with E-state index in [1.165, 1.54) is 11.1 Å². The van der Waals surface area contributed by atoms with Crippen LogP contribution in [0.15, 0.2) is 36.8 Å². The highest BCUT2D eigenvalue weighted by molar-refractivity contribution is 5.88. The highest BCUT2D eigenvalue weighted by atomic mass is 16.5. The molecule has 3 aromatic rings. The van der Waals surface area contributed by atoms with Crippen LogP contribution in [0.5, 0.6) is 0 Å². The highest BCUT2D eigenvalue weighted by Gasteiger charge is 2.36. The number of carboxylic acids is 1. The van der Waals surface area contributed by atoms with E-state index < -0.39 is 17.7 Å². The SMILES string of the molecule is Cc1nc(C)c([C@H](OC(C)(C)C)C(=O)O)c(N2CCC(C)(C)CC2)c1-c1ccc2c(c1)CCN(c1cnccn1)C2. The Bertz CT molecular complexity index is 1420. The molecule has 2 aliphatic rings. The van der Waals surface area contributed by atoms with Gasteiger partial charge in [-0.25, -0.2) is 9.78 Å². The van der Waals surface area contributed by atoms with Gasteiger partial charge in [-0.2, -0.15) is 0 Å². The van der Waals surface area contributed by atoms with Crippen molar-refractivity contribution in [3.8, 4) is 11.1 Å². The fourth-order valence-electron chi connectivity index (χ4n) is 6.11. The number of piperidine rings is 1. The van der Waals surface area contributed by atoms with Crippen molar-refractivity contribution in [1.82, 2.24) is 15.0 Å². The van der Waals surface area contributed by atoms with Crippen LogP contribution in [0.3, 0.4) is 0 Å². The number of aromatic nitrogens is 3. The van der Waals surface area contributed by atoms with Crippen molar-refractivity contribution in [1.29, 1.82) is 0 Å². The summed E-state index contributed by atoms with van der Waals surface area (Å²) in [5.74, 6) is -0.105. The fourth-order valence-corrected chi connectivity index (χ4v) is 6.11. The molecule has 218 valence electrons. The standard InChI is InChI=1S/C33H43N5O3/c1-21-27(24-8-9-25-20-38(15-10-23(25)18-24)26-19-34-13-14-35-26)29(37-16-11-33(6,7)12-17-37)28(22(2)36-21)30(31(39)40)41-32(3,4)5/h8-9,13-14,18-19,30H,10-12,15-17,20H2,1-7H3,(H,39,40)/t30-/m0/s1. The van der Waals surface area contributed by atoms with E-state index >= 15 is 0 Å². The molecule has 8 nitrogen and oxygen atoms in total. The van der Waals surface area contributed by atoms with E-state index in [1.54, 1.807) is 12.4 Å². The van der Waals surface area contributed by atoms with Crippen LogP contribution in [-0.2, 0) is 22.5 Å². The van der Waals surface area contributed by atoms with Gasteiger partial charge in [-0.05, 0) is 76.0 Å². The van der Waals surface area contributed by atoms with Crippen LogP contribution in [0.25, 0.3) is 11.1 Å². The Morgan fingerprint density at radius 1 is 1.02 bits per heavy atom. The van der Waals surface area contributed by atoms with Gasteiger partial charge < -0.3 is 19.6 Å². The Morgan fingerprint density at radius 3 is 2.39 bits per heavy atom. The van der Waals surface area contributed by atoms with Crippen molar-refractivity contribution in [3.63, 3.8) is 0 Å². The second-order valence-corrected chi connectivity index (χ2v) is 13.2. The van der Waals surface area contributed by atoms with E-state index in [9.17, 15) is 9.90 Å². The van der Waals surface area contributed by atoms with Gasteiger partial charge >= 0.3 is 5.97 Å². The number of carboxylic acid groups (broad SMARTS) is 1. The zero-order valence-corrected chi connectivity index (χ0v) is 25.5. The monoisotopic (exact) mass is 557 g/mol. The Morgan fingerprint density at radius 2 is 1.76 bits per heavy atom. The van der Waals surface area contributed by atoms with Crippen LogP contribution < -0.4 is 9.80 Å². The number of fused-ring (bicyclic) bond motifs is 1.